The molecule has 1 aromatic heterocycles. The van der Waals surface area contributed by atoms with Gasteiger partial charge in [0.2, 0.25) is 0 Å². The molecule has 3 heterocycles. The average Bonchev–Trinajstić information content (AvgIpc) is 3.60. The van der Waals surface area contributed by atoms with Crippen LogP contribution in [-0.4, -0.2) is 4.98 Å². The molecule has 0 N–H and O–H groups in total. The molecule has 2 aliphatic rings. The van der Waals surface area contributed by atoms with Crippen LogP contribution in [0.4, 0.5) is 28.6 Å². The number of aryl methyl sites for hydroxylation is 2. The van der Waals surface area contributed by atoms with Gasteiger partial charge in [-0.3, -0.25) is 0 Å². The van der Waals surface area contributed by atoms with E-state index in [1.165, 1.54) is 38.9 Å². The summed E-state index contributed by atoms with van der Waals surface area (Å²) in [7, 11) is 0. The Bertz CT molecular complexity index is 2370. The predicted octanol–water partition coefficient (Wildman–Crippen LogP) is 13.1. The zero-order chi connectivity index (χ0) is 37.1. The Labute approximate surface area is 340 Å². The quantitative estimate of drug-likeness (QED) is 0.160. The number of hydrogen-bond acceptors (Lipinski definition) is 5. The molecule has 2 aliphatic heterocycles. The van der Waals surface area contributed by atoms with Gasteiger partial charge in [0.25, 0.3) is 0 Å². The molecule has 0 atom stereocenters. The number of pyridine rings is 1. The SMILES string of the molecule is Cc1cc2c(cc1C)N(c1cc(C(C)(C)C)ccn1)c1[c-]c(Sc3[c-]c(N4C=CN(c5ccc(C(C)(C)C)cc5)[CH-]4)ccc3)ccc1-c1ccccc1-2.[Pt]. The van der Waals surface area contributed by atoms with E-state index in [0.717, 1.165) is 43.9 Å². The van der Waals surface area contributed by atoms with E-state index >= 15 is 0 Å². The maximum Gasteiger partial charge on any atom is 0.135 e. The number of aromatic nitrogens is 1. The molecule has 6 heteroatoms. The summed E-state index contributed by atoms with van der Waals surface area (Å²) < 4.78 is 0. The first-order chi connectivity index (χ1) is 25.3. The summed E-state index contributed by atoms with van der Waals surface area (Å²) in [4.78, 5) is 13.6. The Kier molecular flexibility index (Phi) is 10.2. The molecule has 0 saturated carbocycles. The molecule has 0 amide bonds. The first-order valence-corrected chi connectivity index (χ1v) is 19.1. The van der Waals surface area contributed by atoms with Gasteiger partial charge in [0, 0.05) is 38.5 Å². The summed E-state index contributed by atoms with van der Waals surface area (Å²) in [5.74, 6) is 0.886. The van der Waals surface area contributed by atoms with Gasteiger partial charge in [-0.1, -0.05) is 89.2 Å². The van der Waals surface area contributed by atoms with Gasteiger partial charge in [0.05, 0.1) is 5.69 Å². The van der Waals surface area contributed by atoms with E-state index in [1.807, 2.05) is 6.20 Å². The van der Waals surface area contributed by atoms with Crippen LogP contribution in [0.2, 0.25) is 0 Å². The monoisotopic (exact) mass is 904 g/mol. The molecule has 0 radical (unpaired) electrons. The average molecular weight is 905 g/mol. The minimum atomic E-state index is -0.0283. The molecule has 0 saturated heterocycles. The van der Waals surface area contributed by atoms with E-state index in [-0.39, 0.29) is 31.9 Å². The number of benzene rings is 5. The standard InChI is InChI=1S/C48H45N4S.Pt/c1-32-26-43-41-15-10-9-14-40(41)42-21-20-39(30-45(42)52(44(43)27-33(32)2)46-28-35(22-23-49-46)48(6,7)8)53-38-13-11-12-37(29-38)51-25-24-50(31-51)36-18-16-34(17-19-36)47(3,4)5;/h9-28,31H,1-8H3;/q-3;. The Morgan fingerprint density at radius 3 is 2.00 bits per heavy atom. The topological polar surface area (TPSA) is 22.6 Å². The second-order valence-electron chi connectivity index (χ2n) is 16.1. The van der Waals surface area contributed by atoms with Crippen LogP contribution in [0.5, 0.6) is 0 Å². The molecule has 0 spiro atoms. The largest absolute Gasteiger partial charge is 0.500 e. The second kappa shape index (κ2) is 14.6. The van der Waals surface area contributed by atoms with E-state index < -0.39 is 0 Å². The molecule has 0 unspecified atom stereocenters. The maximum atomic E-state index is 5.02. The summed E-state index contributed by atoms with van der Waals surface area (Å²) in [6.45, 7) is 20.0. The van der Waals surface area contributed by atoms with Crippen LogP contribution in [0.15, 0.2) is 132 Å². The van der Waals surface area contributed by atoms with Crippen LogP contribution in [0.25, 0.3) is 22.3 Å². The van der Waals surface area contributed by atoms with Crippen molar-refractivity contribution in [3.05, 3.63) is 163 Å². The van der Waals surface area contributed by atoms with Gasteiger partial charge >= 0.3 is 0 Å². The van der Waals surface area contributed by atoms with E-state index in [0.29, 0.717) is 0 Å². The van der Waals surface area contributed by atoms with Gasteiger partial charge in [-0.2, -0.15) is 30.3 Å². The van der Waals surface area contributed by atoms with Crippen molar-refractivity contribution in [2.24, 2.45) is 0 Å². The third-order valence-electron chi connectivity index (χ3n) is 10.2. The van der Waals surface area contributed by atoms with Gasteiger partial charge in [0.15, 0.2) is 0 Å². The summed E-state index contributed by atoms with van der Waals surface area (Å²) in [5.41, 5.74) is 14.1. The Balaban J connectivity index is 0.00000450. The molecule has 5 aromatic carbocycles. The molecular formula is C48H45N4PtS-3. The smallest absolute Gasteiger partial charge is 0.135 e. The number of fused-ring (bicyclic) bond motifs is 5. The molecule has 0 fully saturated rings. The van der Waals surface area contributed by atoms with Crippen LogP contribution >= 0.6 is 11.8 Å². The van der Waals surface area contributed by atoms with Crippen molar-refractivity contribution in [2.75, 3.05) is 14.7 Å². The third kappa shape index (κ3) is 7.29. The maximum absolute atomic E-state index is 5.02. The van der Waals surface area contributed by atoms with Crippen molar-refractivity contribution in [1.29, 1.82) is 0 Å². The van der Waals surface area contributed by atoms with E-state index in [2.05, 4.69) is 204 Å². The Morgan fingerprint density at radius 2 is 1.28 bits per heavy atom. The van der Waals surface area contributed by atoms with Crippen molar-refractivity contribution in [3.63, 3.8) is 0 Å². The fourth-order valence-corrected chi connectivity index (χ4v) is 7.81. The van der Waals surface area contributed by atoms with Crippen LogP contribution in [-0.2, 0) is 31.9 Å². The number of nitrogens with zero attached hydrogens (tertiary/aromatic N) is 4. The Hall–Kier alpha value is -4.57. The first kappa shape index (κ1) is 37.7. The molecule has 54 heavy (non-hydrogen) atoms. The first-order valence-electron chi connectivity index (χ1n) is 18.3. The normalized spacial score (nSPS) is 13.6. The summed E-state index contributed by atoms with van der Waals surface area (Å²) >= 11 is 1.68. The molecule has 0 aliphatic carbocycles. The molecule has 6 aromatic rings. The summed E-state index contributed by atoms with van der Waals surface area (Å²) in [5, 5.41) is 0. The van der Waals surface area contributed by atoms with Gasteiger partial charge < -0.3 is 14.7 Å². The summed E-state index contributed by atoms with van der Waals surface area (Å²) in [6.07, 6.45) is 6.12. The number of anilines is 5. The molecule has 276 valence electrons. The van der Waals surface area contributed by atoms with Crippen LogP contribution in [0, 0.1) is 32.6 Å². The van der Waals surface area contributed by atoms with Crippen molar-refractivity contribution in [2.45, 2.75) is 76.0 Å². The molecule has 0 bridgehead atoms. The van der Waals surface area contributed by atoms with Crippen molar-refractivity contribution >= 4 is 40.3 Å². The fraction of sp³-hybridized carbons (Fsp3) is 0.208. The van der Waals surface area contributed by atoms with E-state index in [1.54, 1.807) is 11.8 Å². The number of hydrogen-bond donors (Lipinski definition) is 0. The van der Waals surface area contributed by atoms with Gasteiger partial charge in [-0.05, 0) is 101 Å². The van der Waals surface area contributed by atoms with Crippen LogP contribution < -0.4 is 14.7 Å². The molecule has 4 nitrogen and oxygen atoms in total. The third-order valence-corrected chi connectivity index (χ3v) is 11.2. The molecule has 8 rings (SSSR count). The van der Waals surface area contributed by atoms with Crippen LogP contribution in [0.3, 0.4) is 0 Å². The van der Waals surface area contributed by atoms with Crippen molar-refractivity contribution in [1.82, 2.24) is 4.98 Å². The zero-order valence-electron chi connectivity index (χ0n) is 32.1. The summed E-state index contributed by atoms with van der Waals surface area (Å²) in [6, 6.07) is 44.9. The van der Waals surface area contributed by atoms with Crippen molar-refractivity contribution < 1.29 is 21.1 Å². The minimum absolute atomic E-state index is 0. The van der Waals surface area contributed by atoms with E-state index in [4.69, 9.17) is 4.98 Å². The predicted molar refractivity (Wildman–Crippen MR) is 223 cm³/mol. The Morgan fingerprint density at radius 1 is 0.611 bits per heavy atom. The van der Waals surface area contributed by atoms with Gasteiger partial charge in [-0.15, -0.1) is 51.6 Å². The van der Waals surface area contributed by atoms with Crippen LogP contribution in [0.1, 0.15) is 63.8 Å². The van der Waals surface area contributed by atoms with Gasteiger partial charge in [-0.25, -0.2) is 4.98 Å². The minimum Gasteiger partial charge on any atom is -0.500 e. The zero-order valence-corrected chi connectivity index (χ0v) is 35.2. The fourth-order valence-electron chi connectivity index (χ4n) is 6.99. The van der Waals surface area contributed by atoms with Crippen molar-refractivity contribution in [3.8, 4) is 22.3 Å². The van der Waals surface area contributed by atoms with Gasteiger partial charge in [0.1, 0.15) is 5.82 Å². The van der Waals surface area contributed by atoms with E-state index in [9.17, 15) is 0 Å². The second-order valence-corrected chi connectivity index (χ2v) is 17.2. The molecular weight excluding hydrogens is 860 g/mol. The number of rotatable bonds is 5.